The van der Waals surface area contributed by atoms with Gasteiger partial charge in [-0.3, -0.25) is 14.4 Å². The minimum absolute atomic E-state index is 0.0676. The van der Waals surface area contributed by atoms with Crippen LogP contribution in [0.2, 0.25) is 0 Å². The van der Waals surface area contributed by atoms with Crippen LogP contribution in [0, 0.1) is 18.0 Å². The number of alkyl halides is 3. The number of nitrogens with one attached hydrogen (secondary N) is 1. The number of aromatic nitrogens is 2. The quantitative estimate of drug-likeness (QED) is 0.0958. The van der Waals surface area contributed by atoms with Gasteiger partial charge in [-0.25, -0.2) is 17.8 Å². The predicted molar refractivity (Wildman–Crippen MR) is 153 cm³/mol. The highest BCUT2D eigenvalue weighted by atomic mass is 32.2. The molecule has 0 aliphatic rings. The molecule has 0 fully saturated rings. The van der Waals surface area contributed by atoms with Gasteiger partial charge in [-0.2, -0.15) is 18.3 Å². The molecule has 0 aliphatic heterocycles. The van der Waals surface area contributed by atoms with Crippen LogP contribution in [0.3, 0.4) is 0 Å². The molecule has 1 amide bonds. The molecule has 2 atom stereocenters. The number of hydrogen-bond donors (Lipinski definition) is 1. The molecule has 45 heavy (non-hydrogen) atoms. The molecule has 0 saturated heterocycles. The summed E-state index contributed by atoms with van der Waals surface area (Å²) >= 11 is 0. The number of carbonyl (C=O) groups is 2. The molecule has 0 aliphatic carbocycles. The monoisotopic (exact) mass is 654 g/mol. The van der Waals surface area contributed by atoms with E-state index < -0.39 is 52.0 Å². The first kappa shape index (κ1) is 34.8. The van der Waals surface area contributed by atoms with Crippen LogP contribution in [0.4, 0.5) is 13.2 Å². The molecule has 13 nitrogen and oxygen atoms in total. The number of aryl methyl sites for hydroxylation is 1. The van der Waals surface area contributed by atoms with Crippen molar-refractivity contribution in [2.24, 2.45) is 11.2 Å². The zero-order valence-corrected chi connectivity index (χ0v) is 26.1. The van der Waals surface area contributed by atoms with Crippen LogP contribution in [0.15, 0.2) is 64.8 Å². The van der Waals surface area contributed by atoms with Crippen LogP contribution in [0.5, 0.6) is 0 Å². The molecule has 3 aromatic rings. The van der Waals surface area contributed by atoms with E-state index in [1.54, 1.807) is 45.0 Å². The summed E-state index contributed by atoms with van der Waals surface area (Å²) in [5.41, 5.74) is 0.486. The number of carbonyl (C=O) groups excluding carboxylic acids is 2. The predicted octanol–water partition coefficient (Wildman–Crippen LogP) is 4.74. The number of hydrazine groups is 1. The number of esters is 1. The SMILES string of the molecule is CCC(=O)OC(C)O/N=[N+](\[O-])N(C)[C@H](C(=O)NS(=O)(=O)c1ccc(-n2nc(C(F)(F)F)cc2-c2ccc(C)cc2)cc1)C(C)C. The number of sulfonamides is 1. The zero-order valence-electron chi connectivity index (χ0n) is 25.3. The molecule has 0 spiro atoms. The van der Waals surface area contributed by atoms with E-state index in [1.807, 2.05) is 11.6 Å². The van der Waals surface area contributed by atoms with Gasteiger partial charge in [-0.1, -0.05) is 50.6 Å². The minimum atomic E-state index is -4.72. The average Bonchev–Trinajstić information content (AvgIpc) is 3.42. The van der Waals surface area contributed by atoms with Gasteiger partial charge in [0.1, 0.15) is 0 Å². The fraction of sp³-hybridized carbons (Fsp3) is 0.393. The van der Waals surface area contributed by atoms with E-state index >= 15 is 0 Å². The van der Waals surface area contributed by atoms with Crippen LogP contribution < -0.4 is 4.72 Å². The van der Waals surface area contributed by atoms with E-state index in [0.29, 0.717) is 5.56 Å². The number of hydrogen-bond acceptors (Lipinski definition) is 9. The maximum absolute atomic E-state index is 13.5. The van der Waals surface area contributed by atoms with Gasteiger partial charge in [0.15, 0.2) is 11.7 Å². The Morgan fingerprint density at radius 3 is 2.24 bits per heavy atom. The highest BCUT2D eigenvalue weighted by Crippen LogP contribution is 2.33. The first-order chi connectivity index (χ1) is 20.9. The summed E-state index contributed by atoms with van der Waals surface area (Å²) in [4.78, 5) is 28.8. The first-order valence-corrected chi connectivity index (χ1v) is 15.1. The largest absolute Gasteiger partial charge is 0.569 e. The molecular weight excluding hydrogens is 621 g/mol. The smallest absolute Gasteiger partial charge is 0.435 e. The number of ether oxygens (including phenoxy) is 1. The Kier molecular flexibility index (Phi) is 10.8. The Balaban J connectivity index is 1.84. The van der Waals surface area contributed by atoms with Crippen molar-refractivity contribution in [3.63, 3.8) is 0 Å². The molecule has 3 rings (SSSR count). The van der Waals surface area contributed by atoms with Gasteiger partial charge < -0.3 is 9.94 Å². The van der Waals surface area contributed by atoms with Crippen molar-refractivity contribution in [3.8, 4) is 16.9 Å². The molecule has 17 heteroatoms. The van der Waals surface area contributed by atoms with Gasteiger partial charge in [0.25, 0.3) is 22.2 Å². The normalized spacial score (nSPS) is 13.7. The molecule has 2 aromatic carbocycles. The van der Waals surface area contributed by atoms with Gasteiger partial charge in [-0.15, -0.1) is 5.01 Å². The standard InChI is InChI=1S/C28H33F3N6O7S/c1-7-25(38)43-19(5)44-34-37(40)35(6)26(17(2)3)27(39)33-45(41,42)22-14-12-21(13-15-22)36-23(16-24(32-36)28(29,30)31)20-10-8-18(4)9-11-20/h8-17,19,26H,7H2,1-6H3,(H,33,39)/b37-34-/t19?,26-/m0/s1. The van der Waals surface area contributed by atoms with Gasteiger partial charge in [-0.05, 0) is 43.2 Å². The average molecular weight is 655 g/mol. The summed E-state index contributed by atoms with van der Waals surface area (Å²) in [5, 5.41) is 20.2. The Bertz CT molecular complexity index is 1640. The molecule has 244 valence electrons. The summed E-state index contributed by atoms with van der Waals surface area (Å²) in [5.74, 6) is -2.26. The highest BCUT2D eigenvalue weighted by Gasteiger charge is 2.36. The minimum Gasteiger partial charge on any atom is -0.569 e. The van der Waals surface area contributed by atoms with Crippen molar-refractivity contribution in [3.05, 3.63) is 71.1 Å². The molecule has 0 bridgehead atoms. The third-order valence-electron chi connectivity index (χ3n) is 6.40. The summed E-state index contributed by atoms with van der Waals surface area (Å²) in [6.07, 6.45) is -5.86. The van der Waals surface area contributed by atoms with Crippen LogP contribution in [0.1, 0.15) is 45.4 Å². The summed E-state index contributed by atoms with van der Waals surface area (Å²) in [7, 11) is -3.32. The lowest BCUT2D eigenvalue weighted by Gasteiger charge is -2.26. The number of rotatable bonds is 12. The van der Waals surface area contributed by atoms with E-state index in [0.717, 1.165) is 33.5 Å². The lowest BCUT2D eigenvalue weighted by molar-refractivity contribution is -0.713. The molecule has 1 unspecified atom stereocenters. The van der Waals surface area contributed by atoms with Crippen molar-refractivity contribution in [1.82, 2.24) is 19.5 Å². The molecule has 1 heterocycles. The van der Waals surface area contributed by atoms with E-state index in [-0.39, 0.29) is 27.7 Å². The van der Waals surface area contributed by atoms with Crippen LogP contribution >= 0.6 is 0 Å². The number of benzene rings is 2. The zero-order chi connectivity index (χ0) is 33.7. The Morgan fingerprint density at radius 1 is 1.11 bits per heavy atom. The first-order valence-electron chi connectivity index (χ1n) is 13.6. The fourth-order valence-electron chi connectivity index (χ4n) is 4.13. The number of nitrogens with zero attached hydrogens (tertiary/aromatic N) is 5. The van der Waals surface area contributed by atoms with E-state index in [2.05, 4.69) is 10.4 Å². The number of amides is 1. The lowest BCUT2D eigenvalue weighted by atomic mass is 10.0. The van der Waals surface area contributed by atoms with Gasteiger partial charge >= 0.3 is 12.1 Å². The maximum atomic E-state index is 13.5. The van der Waals surface area contributed by atoms with Crippen LogP contribution in [-0.2, 0) is 35.4 Å². The summed E-state index contributed by atoms with van der Waals surface area (Å²) < 4.78 is 74.6. The second-order valence-corrected chi connectivity index (χ2v) is 11.9. The van der Waals surface area contributed by atoms with E-state index in [4.69, 9.17) is 9.57 Å². The lowest BCUT2D eigenvalue weighted by Crippen LogP contribution is -2.51. The van der Waals surface area contributed by atoms with Crippen molar-refractivity contribution in [1.29, 1.82) is 0 Å². The van der Waals surface area contributed by atoms with Crippen LogP contribution in [-0.4, -0.2) is 59.4 Å². The van der Waals surface area contributed by atoms with E-state index in [1.165, 1.54) is 26.1 Å². The van der Waals surface area contributed by atoms with Crippen molar-refractivity contribution >= 4 is 21.9 Å². The fourth-order valence-corrected chi connectivity index (χ4v) is 5.13. The molecule has 0 saturated carbocycles. The second kappa shape index (κ2) is 14.0. The molecule has 1 N–H and O–H groups in total. The second-order valence-electron chi connectivity index (χ2n) is 10.3. The molecule has 1 aromatic heterocycles. The highest BCUT2D eigenvalue weighted by molar-refractivity contribution is 7.90. The Morgan fingerprint density at radius 2 is 1.71 bits per heavy atom. The van der Waals surface area contributed by atoms with Crippen LogP contribution in [0.25, 0.3) is 16.9 Å². The third kappa shape index (κ3) is 8.71. The maximum Gasteiger partial charge on any atom is 0.435 e. The van der Waals surface area contributed by atoms with Gasteiger partial charge in [0.05, 0.1) is 28.3 Å². The topological polar surface area (TPSA) is 158 Å². The van der Waals surface area contributed by atoms with Crippen molar-refractivity contribution < 1.29 is 45.7 Å². The van der Waals surface area contributed by atoms with Gasteiger partial charge in [0.2, 0.25) is 5.28 Å². The van der Waals surface area contributed by atoms with Gasteiger partial charge in [0, 0.05) is 18.9 Å². The Hall–Kier alpha value is -4.67. The number of likely N-dealkylation sites (N-methyl/N-ethyl adjacent to an activating group) is 1. The summed E-state index contributed by atoms with van der Waals surface area (Å²) in [6.45, 7) is 7.84. The van der Waals surface area contributed by atoms with Crippen molar-refractivity contribution in [2.45, 2.75) is 64.4 Å². The molecular formula is C28H33F3N6O7S. The Labute approximate surface area is 257 Å². The van der Waals surface area contributed by atoms with E-state index in [9.17, 15) is 36.4 Å². The third-order valence-corrected chi connectivity index (χ3v) is 7.76. The number of halogens is 3. The summed E-state index contributed by atoms with van der Waals surface area (Å²) in [6, 6.07) is 11.0. The molecule has 0 radical (unpaired) electrons. The van der Waals surface area contributed by atoms with Crippen molar-refractivity contribution in [2.75, 3.05) is 7.05 Å².